The number of benzene rings is 1. The highest BCUT2D eigenvalue weighted by molar-refractivity contribution is 5.82. The van der Waals surface area contributed by atoms with Gasteiger partial charge in [0.05, 0.1) is 19.3 Å². The van der Waals surface area contributed by atoms with E-state index in [-0.39, 0.29) is 23.7 Å². The summed E-state index contributed by atoms with van der Waals surface area (Å²) in [6.45, 7) is 6.82. The van der Waals surface area contributed by atoms with Gasteiger partial charge in [-0.05, 0) is 42.4 Å². The van der Waals surface area contributed by atoms with Crippen LogP contribution in [-0.2, 0) is 9.53 Å². The molecule has 3 rings (SSSR count). The van der Waals surface area contributed by atoms with Gasteiger partial charge in [0.25, 0.3) is 0 Å². The van der Waals surface area contributed by atoms with E-state index in [0.29, 0.717) is 38.3 Å². The van der Waals surface area contributed by atoms with E-state index >= 15 is 0 Å². The van der Waals surface area contributed by atoms with Crippen LogP contribution in [0, 0.1) is 11.7 Å². The number of nitrogens with zero attached hydrogens (tertiary/aromatic N) is 1. The van der Waals surface area contributed by atoms with Crippen molar-refractivity contribution in [1.29, 1.82) is 0 Å². The van der Waals surface area contributed by atoms with Gasteiger partial charge in [-0.3, -0.25) is 4.79 Å². The largest absolute Gasteiger partial charge is 0.378 e. The molecular formula is C19H27FN2O2. The molecule has 1 aliphatic heterocycles. The van der Waals surface area contributed by atoms with Crippen molar-refractivity contribution in [1.82, 2.24) is 10.2 Å². The Hall–Kier alpha value is -1.46. The van der Waals surface area contributed by atoms with Crippen molar-refractivity contribution in [2.75, 3.05) is 26.3 Å². The maximum Gasteiger partial charge on any atom is 0.240 e. The van der Waals surface area contributed by atoms with Gasteiger partial charge in [0, 0.05) is 19.1 Å². The predicted octanol–water partition coefficient (Wildman–Crippen LogP) is 2.54. The summed E-state index contributed by atoms with van der Waals surface area (Å²) in [5, 5.41) is 3.55. The highest BCUT2D eigenvalue weighted by Crippen LogP contribution is 2.37. The zero-order chi connectivity index (χ0) is 17.1. The molecule has 1 atom stereocenters. The molecule has 5 heteroatoms. The number of hydrogen-bond acceptors (Lipinski definition) is 3. The van der Waals surface area contributed by atoms with Crippen LogP contribution >= 0.6 is 0 Å². The first-order valence-electron chi connectivity index (χ1n) is 8.92. The predicted molar refractivity (Wildman–Crippen MR) is 91.3 cm³/mol. The van der Waals surface area contributed by atoms with Gasteiger partial charge in [-0.2, -0.15) is 0 Å². The van der Waals surface area contributed by atoms with Gasteiger partial charge in [-0.25, -0.2) is 4.39 Å². The van der Waals surface area contributed by atoms with Gasteiger partial charge in [-0.15, -0.1) is 0 Å². The van der Waals surface area contributed by atoms with Crippen LogP contribution in [0.25, 0.3) is 0 Å². The van der Waals surface area contributed by atoms with Crippen molar-refractivity contribution in [3.05, 3.63) is 35.6 Å². The fraction of sp³-hybridized carbons (Fsp3) is 0.632. The summed E-state index contributed by atoms with van der Waals surface area (Å²) >= 11 is 0. The minimum atomic E-state index is -0.191. The van der Waals surface area contributed by atoms with Crippen LogP contribution in [0.5, 0.6) is 0 Å². The summed E-state index contributed by atoms with van der Waals surface area (Å²) in [6, 6.07) is 7.01. The van der Waals surface area contributed by atoms with E-state index in [4.69, 9.17) is 4.74 Å². The monoisotopic (exact) mass is 334 g/mol. The number of carbonyl (C=O) groups is 1. The lowest BCUT2D eigenvalue weighted by molar-refractivity contribution is -0.139. The lowest BCUT2D eigenvalue weighted by Crippen LogP contribution is -2.56. The fourth-order valence-electron chi connectivity index (χ4n) is 3.54. The smallest absolute Gasteiger partial charge is 0.240 e. The molecule has 1 aromatic rings. The maximum absolute atomic E-state index is 13.0. The van der Waals surface area contributed by atoms with Gasteiger partial charge in [0.1, 0.15) is 5.82 Å². The number of rotatable bonds is 5. The Bertz CT molecular complexity index is 549. The zero-order valence-electron chi connectivity index (χ0n) is 14.5. The average molecular weight is 334 g/mol. The van der Waals surface area contributed by atoms with Gasteiger partial charge in [0.15, 0.2) is 0 Å². The molecular weight excluding hydrogens is 307 g/mol. The molecule has 1 heterocycles. The lowest BCUT2D eigenvalue weighted by Gasteiger charge is -2.41. The van der Waals surface area contributed by atoms with Gasteiger partial charge < -0.3 is 15.0 Å². The van der Waals surface area contributed by atoms with Crippen molar-refractivity contribution in [2.45, 2.75) is 44.7 Å². The van der Waals surface area contributed by atoms with Crippen molar-refractivity contribution in [3.8, 4) is 0 Å². The maximum atomic E-state index is 13.0. The third-order valence-electron chi connectivity index (χ3n) is 5.15. The Kier molecular flexibility index (Phi) is 5.51. The number of ether oxygens (including phenoxy) is 1. The second kappa shape index (κ2) is 7.62. The number of carbonyl (C=O) groups excluding carboxylic acids is 1. The fourth-order valence-corrected chi connectivity index (χ4v) is 3.54. The summed E-state index contributed by atoms with van der Waals surface area (Å²) in [4.78, 5) is 14.7. The first-order chi connectivity index (χ1) is 11.5. The average Bonchev–Trinajstić information content (AvgIpc) is 2.55. The van der Waals surface area contributed by atoms with E-state index in [1.165, 1.54) is 17.7 Å². The van der Waals surface area contributed by atoms with Crippen LogP contribution in [0.2, 0.25) is 0 Å². The lowest BCUT2D eigenvalue weighted by atomic mass is 9.75. The standard InChI is InChI=1S/C19H27FN2O2/c1-13(2)18(19(23)22-7-9-24-10-8-22)21-17-11-15(12-17)14-3-5-16(20)6-4-14/h3-6,13,15,17-18,21H,7-12H2,1-2H3/t15?,17?,18-/m0/s1. The molecule has 24 heavy (non-hydrogen) atoms. The second-order valence-electron chi connectivity index (χ2n) is 7.24. The Balaban J connectivity index is 1.53. The molecule has 0 aromatic heterocycles. The molecule has 4 nitrogen and oxygen atoms in total. The molecule has 2 fully saturated rings. The van der Waals surface area contributed by atoms with Gasteiger partial charge in [0.2, 0.25) is 5.91 Å². The normalized spacial score (nSPS) is 25.4. The molecule has 1 saturated carbocycles. The third-order valence-corrected chi connectivity index (χ3v) is 5.15. The molecule has 0 unspecified atom stereocenters. The van der Waals surface area contributed by atoms with Crippen LogP contribution in [0.15, 0.2) is 24.3 Å². The summed E-state index contributed by atoms with van der Waals surface area (Å²) in [6.07, 6.45) is 2.01. The topological polar surface area (TPSA) is 41.6 Å². The molecule has 0 bridgehead atoms. The Labute approximate surface area is 143 Å². The van der Waals surface area contributed by atoms with E-state index in [1.54, 1.807) is 0 Å². The van der Waals surface area contributed by atoms with E-state index in [1.807, 2.05) is 17.0 Å². The summed E-state index contributed by atoms with van der Waals surface area (Å²) < 4.78 is 18.3. The van der Waals surface area contributed by atoms with Crippen LogP contribution in [0.1, 0.15) is 38.2 Å². The number of hydrogen-bond donors (Lipinski definition) is 1. The van der Waals surface area contributed by atoms with Crippen molar-refractivity contribution in [2.24, 2.45) is 5.92 Å². The quantitative estimate of drug-likeness (QED) is 0.900. The second-order valence-corrected chi connectivity index (χ2v) is 7.24. The van der Waals surface area contributed by atoms with Crippen LogP contribution in [-0.4, -0.2) is 49.2 Å². The molecule has 1 amide bonds. The van der Waals surface area contributed by atoms with Gasteiger partial charge >= 0.3 is 0 Å². The molecule has 1 saturated heterocycles. The van der Waals surface area contributed by atoms with Gasteiger partial charge in [-0.1, -0.05) is 26.0 Å². The Morgan fingerprint density at radius 3 is 2.42 bits per heavy atom. The zero-order valence-corrected chi connectivity index (χ0v) is 14.5. The third kappa shape index (κ3) is 3.95. The van der Waals surface area contributed by atoms with E-state index in [0.717, 1.165) is 12.8 Å². The summed E-state index contributed by atoms with van der Waals surface area (Å²) in [7, 11) is 0. The number of nitrogens with one attached hydrogen (secondary N) is 1. The van der Waals surface area contributed by atoms with E-state index < -0.39 is 0 Å². The molecule has 1 N–H and O–H groups in total. The molecule has 1 aromatic carbocycles. The summed E-state index contributed by atoms with van der Waals surface area (Å²) in [5.74, 6) is 0.724. The Morgan fingerprint density at radius 2 is 1.83 bits per heavy atom. The SMILES string of the molecule is CC(C)[C@H](NC1CC(c2ccc(F)cc2)C1)C(=O)N1CCOCC1. The molecule has 0 radical (unpaired) electrons. The highest BCUT2D eigenvalue weighted by Gasteiger charge is 2.36. The van der Waals surface area contributed by atoms with Crippen molar-refractivity contribution in [3.63, 3.8) is 0 Å². The van der Waals surface area contributed by atoms with Crippen molar-refractivity contribution >= 4 is 5.91 Å². The minimum absolute atomic E-state index is 0.137. The molecule has 2 aliphatic rings. The molecule has 132 valence electrons. The highest BCUT2D eigenvalue weighted by atomic mass is 19.1. The van der Waals surface area contributed by atoms with Crippen LogP contribution < -0.4 is 5.32 Å². The van der Waals surface area contributed by atoms with Crippen molar-refractivity contribution < 1.29 is 13.9 Å². The first kappa shape index (κ1) is 17.4. The van der Waals surface area contributed by atoms with Crippen LogP contribution in [0.3, 0.4) is 0 Å². The molecule has 0 spiro atoms. The molecule has 1 aliphatic carbocycles. The summed E-state index contributed by atoms with van der Waals surface area (Å²) in [5.41, 5.74) is 1.19. The van der Waals surface area contributed by atoms with E-state index in [9.17, 15) is 9.18 Å². The Morgan fingerprint density at radius 1 is 1.21 bits per heavy atom. The number of morpholine rings is 1. The first-order valence-corrected chi connectivity index (χ1v) is 8.92. The van der Waals surface area contributed by atoms with E-state index in [2.05, 4.69) is 19.2 Å². The van der Waals surface area contributed by atoms with Crippen LogP contribution in [0.4, 0.5) is 4.39 Å². The number of halogens is 1. The minimum Gasteiger partial charge on any atom is -0.378 e. The number of amides is 1.